The molecule has 0 amide bonds. The van der Waals surface area contributed by atoms with Gasteiger partial charge in [0.2, 0.25) is 0 Å². The van der Waals surface area contributed by atoms with Crippen LogP contribution in [0.2, 0.25) is 0 Å². The number of hydrogen-bond donors (Lipinski definition) is 0. The summed E-state index contributed by atoms with van der Waals surface area (Å²) in [6, 6.07) is 10.1. The third-order valence-corrected chi connectivity index (χ3v) is 2.77. The lowest BCUT2D eigenvalue weighted by atomic mass is 10.2. The molecule has 0 N–H and O–H groups in total. The molecule has 0 fully saturated rings. The van der Waals surface area contributed by atoms with E-state index < -0.39 is 0 Å². The lowest BCUT2D eigenvalue weighted by molar-refractivity contribution is -0.114. The van der Waals surface area contributed by atoms with Crippen molar-refractivity contribution in [1.29, 1.82) is 0 Å². The second-order valence-corrected chi connectivity index (χ2v) is 4.32. The van der Waals surface area contributed by atoms with Gasteiger partial charge in [0.05, 0.1) is 25.6 Å². The maximum atomic E-state index is 11.0. The second-order valence-electron chi connectivity index (χ2n) is 4.32. The van der Waals surface area contributed by atoms with Crippen molar-refractivity contribution in [1.82, 2.24) is 0 Å². The summed E-state index contributed by atoms with van der Waals surface area (Å²) in [7, 11) is 0. The minimum Gasteiger partial charge on any atom is -0.498 e. The molecule has 96 valence electrons. The van der Waals surface area contributed by atoms with E-state index in [9.17, 15) is 4.79 Å². The average molecular weight is 246 g/mol. The Labute approximate surface area is 107 Å². The van der Waals surface area contributed by atoms with E-state index in [2.05, 4.69) is 0 Å². The average Bonchev–Trinajstić information content (AvgIpc) is 2.81. The fraction of sp³-hybridized carbons (Fsp3) is 0.400. The summed E-state index contributed by atoms with van der Waals surface area (Å²) < 4.78 is 11.0. The number of ketones is 1. The van der Waals surface area contributed by atoms with Gasteiger partial charge in [0.25, 0.3) is 0 Å². The van der Waals surface area contributed by atoms with Crippen LogP contribution in [0.3, 0.4) is 0 Å². The van der Waals surface area contributed by atoms with Crippen LogP contribution in [-0.4, -0.2) is 19.0 Å². The smallest absolute Gasteiger partial charge is 0.159 e. The molecule has 3 heteroatoms. The summed E-state index contributed by atoms with van der Waals surface area (Å²) in [4.78, 5) is 11.0. The lowest BCUT2D eigenvalue weighted by Crippen LogP contribution is -2.00. The quantitative estimate of drug-likeness (QED) is 0.694. The zero-order valence-electron chi connectivity index (χ0n) is 10.4. The van der Waals surface area contributed by atoms with E-state index in [0.29, 0.717) is 26.2 Å². The number of benzene rings is 1. The van der Waals surface area contributed by atoms with Crippen molar-refractivity contribution >= 4 is 5.78 Å². The first-order valence-electron chi connectivity index (χ1n) is 6.32. The van der Waals surface area contributed by atoms with Crippen molar-refractivity contribution in [3.8, 4) is 0 Å². The molecule has 0 heterocycles. The molecular formula is C15H18O3. The van der Waals surface area contributed by atoms with E-state index in [1.807, 2.05) is 30.3 Å². The highest BCUT2D eigenvalue weighted by Crippen LogP contribution is 2.15. The van der Waals surface area contributed by atoms with Crippen LogP contribution >= 0.6 is 0 Å². The summed E-state index contributed by atoms with van der Waals surface area (Å²) in [6.45, 7) is 1.94. The van der Waals surface area contributed by atoms with Gasteiger partial charge in [-0.1, -0.05) is 30.3 Å². The Morgan fingerprint density at radius 1 is 1.06 bits per heavy atom. The Kier molecular flexibility index (Phi) is 4.97. The standard InChI is InChI=1S/C15H18O3/c16-14-7-8-15(11-14)18-10-4-9-17-12-13-5-2-1-3-6-13/h1-3,5-6,11H,4,7-10,12H2. The Hall–Kier alpha value is -1.61. The first kappa shape index (κ1) is 12.8. The maximum absolute atomic E-state index is 11.0. The molecule has 1 aliphatic carbocycles. The minimum atomic E-state index is 0.172. The molecule has 0 radical (unpaired) electrons. The fourth-order valence-corrected chi connectivity index (χ4v) is 1.81. The zero-order chi connectivity index (χ0) is 12.6. The van der Waals surface area contributed by atoms with Crippen molar-refractivity contribution in [2.45, 2.75) is 25.9 Å². The molecule has 1 aliphatic rings. The van der Waals surface area contributed by atoms with Crippen molar-refractivity contribution < 1.29 is 14.3 Å². The van der Waals surface area contributed by atoms with Crippen LogP contribution in [0.25, 0.3) is 0 Å². The molecule has 18 heavy (non-hydrogen) atoms. The Morgan fingerprint density at radius 2 is 1.89 bits per heavy atom. The fourth-order valence-electron chi connectivity index (χ4n) is 1.81. The first-order valence-corrected chi connectivity index (χ1v) is 6.32. The van der Waals surface area contributed by atoms with Gasteiger partial charge in [-0.05, 0) is 5.56 Å². The topological polar surface area (TPSA) is 35.5 Å². The van der Waals surface area contributed by atoms with Gasteiger partial charge >= 0.3 is 0 Å². The van der Waals surface area contributed by atoms with Gasteiger partial charge < -0.3 is 9.47 Å². The highest BCUT2D eigenvalue weighted by Gasteiger charge is 2.12. The number of hydrogen-bond acceptors (Lipinski definition) is 3. The molecule has 3 nitrogen and oxygen atoms in total. The summed E-state index contributed by atoms with van der Waals surface area (Å²) in [5.74, 6) is 0.994. The molecule has 1 aromatic rings. The predicted molar refractivity (Wildman–Crippen MR) is 69.0 cm³/mol. The Bertz CT molecular complexity index is 409. The second kappa shape index (κ2) is 6.97. The van der Waals surface area contributed by atoms with Gasteiger partial charge in [-0.3, -0.25) is 4.79 Å². The van der Waals surface area contributed by atoms with Crippen LogP contribution in [0.4, 0.5) is 0 Å². The van der Waals surface area contributed by atoms with Crippen LogP contribution in [0.15, 0.2) is 42.2 Å². The summed E-state index contributed by atoms with van der Waals surface area (Å²) >= 11 is 0. The molecule has 0 saturated heterocycles. The van der Waals surface area contributed by atoms with Crippen molar-refractivity contribution in [2.75, 3.05) is 13.2 Å². The maximum Gasteiger partial charge on any atom is 0.159 e. The van der Waals surface area contributed by atoms with Gasteiger partial charge in [-0.25, -0.2) is 0 Å². The normalized spacial score (nSPS) is 14.7. The molecule has 2 rings (SSSR count). The number of rotatable bonds is 7. The van der Waals surface area contributed by atoms with Crippen molar-refractivity contribution in [3.05, 3.63) is 47.7 Å². The van der Waals surface area contributed by atoms with Crippen LogP contribution in [0, 0.1) is 0 Å². The lowest BCUT2D eigenvalue weighted by Gasteiger charge is -2.07. The molecule has 0 saturated carbocycles. The summed E-state index contributed by atoms with van der Waals surface area (Å²) in [5.41, 5.74) is 1.18. The van der Waals surface area contributed by atoms with Crippen LogP contribution in [0.1, 0.15) is 24.8 Å². The van der Waals surface area contributed by atoms with Crippen molar-refractivity contribution in [3.63, 3.8) is 0 Å². The van der Waals surface area contributed by atoms with E-state index >= 15 is 0 Å². The number of carbonyl (C=O) groups excluding carboxylic acids is 1. The minimum absolute atomic E-state index is 0.172. The number of allylic oxidation sites excluding steroid dienone is 2. The molecule has 0 atom stereocenters. The van der Waals surface area contributed by atoms with Crippen molar-refractivity contribution in [2.24, 2.45) is 0 Å². The van der Waals surface area contributed by atoms with Crippen LogP contribution in [0.5, 0.6) is 0 Å². The van der Waals surface area contributed by atoms with E-state index in [0.717, 1.165) is 18.6 Å². The first-order chi connectivity index (χ1) is 8.84. The molecule has 0 spiro atoms. The summed E-state index contributed by atoms with van der Waals surface area (Å²) in [6.07, 6.45) is 3.80. The third-order valence-electron chi connectivity index (χ3n) is 2.77. The number of carbonyl (C=O) groups is 1. The monoisotopic (exact) mass is 246 g/mol. The van der Waals surface area contributed by atoms with E-state index in [-0.39, 0.29) is 5.78 Å². The summed E-state index contributed by atoms with van der Waals surface area (Å²) in [5, 5.41) is 0. The molecule has 0 aromatic heterocycles. The Balaban J connectivity index is 1.52. The third kappa shape index (κ3) is 4.34. The highest BCUT2D eigenvalue weighted by molar-refractivity contribution is 5.92. The molecule has 0 unspecified atom stereocenters. The molecular weight excluding hydrogens is 228 g/mol. The molecule has 0 bridgehead atoms. The molecule has 1 aromatic carbocycles. The van der Waals surface area contributed by atoms with E-state index in [4.69, 9.17) is 9.47 Å². The van der Waals surface area contributed by atoms with Gasteiger partial charge in [0.1, 0.15) is 0 Å². The van der Waals surface area contributed by atoms with E-state index in [1.165, 1.54) is 5.56 Å². The Morgan fingerprint density at radius 3 is 2.61 bits per heavy atom. The highest BCUT2D eigenvalue weighted by atomic mass is 16.5. The van der Waals surface area contributed by atoms with Gasteiger partial charge in [-0.15, -0.1) is 0 Å². The van der Waals surface area contributed by atoms with Crippen LogP contribution in [-0.2, 0) is 20.9 Å². The SMILES string of the molecule is O=C1C=C(OCCCOCc2ccccc2)CC1. The zero-order valence-corrected chi connectivity index (χ0v) is 10.4. The van der Waals surface area contributed by atoms with E-state index in [1.54, 1.807) is 6.08 Å². The van der Waals surface area contributed by atoms with Gasteiger partial charge in [-0.2, -0.15) is 0 Å². The largest absolute Gasteiger partial charge is 0.498 e. The van der Waals surface area contributed by atoms with Gasteiger partial charge in [0.15, 0.2) is 5.78 Å². The molecule has 0 aliphatic heterocycles. The number of ether oxygens (including phenoxy) is 2. The van der Waals surface area contributed by atoms with Crippen LogP contribution < -0.4 is 0 Å². The predicted octanol–water partition coefficient (Wildman–Crippen LogP) is 2.86. The van der Waals surface area contributed by atoms with Gasteiger partial charge in [0, 0.05) is 25.3 Å².